The minimum atomic E-state index is -4.43. The van der Waals surface area contributed by atoms with Crippen molar-refractivity contribution in [2.24, 2.45) is 0 Å². The minimum absolute atomic E-state index is 0.0400. The van der Waals surface area contributed by atoms with Crippen LogP contribution in [0.2, 0.25) is 0 Å². The van der Waals surface area contributed by atoms with Crippen molar-refractivity contribution in [3.05, 3.63) is 42.1 Å². The van der Waals surface area contributed by atoms with Crippen LogP contribution in [0.4, 0.5) is 19.1 Å². The number of nitrogens with zero attached hydrogens (tertiary/aromatic N) is 4. The molecule has 1 aromatic carbocycles. The first-order valence-electron chi connectivity index (χ1n) is 11.1. The number of likely N-dealkylation sites (tertiary alicyclic amines) is 1. The SMILES string of the molecule is CCN1CCC[C@@H](Nc2nnc(-c3ccc(C(F)(F)F)cc3OC3CC3)c3cccn23)C1. The van der Waals surface area contributed by atoms with Crippen molar-refractivity contribution in [3.63, 3.8) is 0 Å². The smallest absolute Gasteiger partial charge is 0.416 e. The number of hydrogen-bond donors (Lipinski definition) is 1. The van der Waals surface area contributed by atoms with Crippen LogP contribution in [0.1, 0.15) is 38.2 Å². The highest BCUT2D eigenvalue weighted by Gasteiger charge is 2.33. The normalized spacial score (nSPS) is 19.9. The predicted octanol–water partition coefficient (Wildman–Crippen LogP) is 4.85. The van der Waals surface area contributed by atoms with E-state index in [1.54, 1.807) is 0 Å². The van der Waals surface area contributed by atoms with E-state index in [2.05, 4.69) is 27.3 Å². The molecule has 2 aliphatic rings. The summed E-state index contributed by atoms with van der Waals surface area (Å²) >= 11 is 0. The molecule has 6 nitrogen and oxygen atoms in total. The van der Waals surface area contributed by atoms with E-state index in [-0.39, 0.29) is 17.9 Å². The summed E-state index contributed by atoms with van der Waals surface area (Å²) in [7, 11) is 0. The van der Waals surface area contributed by atoms with Crippen LogP contribution in [0.15, 0.2) is 36.5 Å². The average Bonchev–Trinajstić information content (AvgIpc) is 3.45. The number of benzene rings is 1. The predicted molar refractivity (Wildman–Crippen MR) is 116 cm³/mol. The molecule has 2 aromatic heterocycles. The second-order valence-electron chi connectivity index (χ2n) is 8.54. The second-order valence-corrected chi connectivity index (χ2v) is 8.54. The zero-order valence-electron chi connectivity index (χ0n) is 17.9. The molecular formula is C23H26F3N5O. The Balaban J connectivity index is 1.50. The van der Waals surface area contributed by atoms with Gasteiger partial charge in [0.25, 0.3) is 0 Å². The Kier molecular flexibility index (Phi) is 5.44. The standard InChI is InChI=1S/C23H26F3N5O/c1-2-30-11-3-5-16(14-30)27-22-29-28-21(19-6-4-12-31(19)22)18-10-7-15(23(24,25)26)13-20(18)32-17-8-9-17/h4,6-7,10,12-13,16-17H,2-3,5,8-9,11,14H2,1H3,(H,27,29)/t16-/m1/s1. The molecule has 32 heavy (non-hydrogen) atoms. The third-order valence-corrected chi connectivity index (χ3v) is 6.13. The number of rotatable bonds is 6. The van der Waals surface area contributed by atoms with Gasteiger partial charge in [-0.15, -0.1) is 10.2 Å². The lowest BCUT2D eigenvalue weighted by Gasteiger charge is -2.32. The zero-order chi connectivity index (χ0) is 22.3. The summed E-state index contributed by atoms with van der Waals surface area (Å²) in [5, 5.41) is 12.3. The maximum Gasteiger partial charge on any atom is 0.416 e. The Morgan fingerprint density at radius 3 is 2.75 bits per heavy atom. The average molecular weight is 445 g/mol. The maximum absolute atomic E-state index is 13.3. The van der Waals surface area contributed by atoms with Gasteiger partial charge in [-0.2, -0.15) is 13.2 Å². The lowest BCUT2D eigenvalue weighted by molar-refractivity contribution is -0.137. The van der Waals surface area contributed by atoms with E-state index in [0.717, 1.165) is 63.0 Å². The fraction of sp³-hybridized carbons (Fsp3) is 0.478. The van der Waals surface area contributed by atoms with E-state index in [1.165, 1.54) is 6.07 Å². The maximum atomic E-state index is 13.3. The highest BCUT2D eigenvalue weighted by Crippen LogP contribution is 2.40. The number of fused-ring (bicyclic) bond motifs is 1. The molecular weight excluding hydrogens is 419 g/mol. The Hall–Kier alpha value is -2.81. The lowest BCUT2D eigenvalue weighted by Crippen LogP contribution is -2.42. The summed E-state index contributed by atoms with van der Waals surface area (Å²) in [4.78, 5) is 2.40. The number of alkyl halides is 3. The van der Waals surface area contributed by atoms with Gasteiger partial charge in [-0.05, 0) is 69.1 Å². The van der Waals surface area contributed by atoms with E-state index in [9.17, 15) is 13.2 Å². The van der Waals surface area contributed by atoms with Crippen molar-refractivity contribution < 1.29 is 17.9 Å². The van der Waals surface area contributed by atoms with Crippen LogP contribution in [-0.2, 0) is 6.18 Å². The molecule has 0 radical (unpaired) electrons. The summed E-state index contributed by atoms with van der Waals surface area (Å²) in [6.07, 6.45) is 1.29. The van der Waals surface area contributed by atoms with Gasteiger partial charge in [0, 0.05) is 24.3 Å². The van der Waals surface area contributed by atoms with E-state index in [0.29, 0.717) is 17.2 Å². The molecule has 3 aromatic rings. The monoisotopic (exact) mass is 445 g/mol. The molecule has 1 aliphatic heterocycles. The number of hydrogen-bond acceptors (Lipinski definition) is 5. The third-order valence-electron chi connectivity index (χ3n) is 6.13. The van der Waals surface area contributed by atoms with Crippen molar-refractivity contribution in [1.82, 2.24) is 19.5 Å². The molecule has 0 amide bonds. The Morgan fingerprint density at radius 2 is 2.00 bits per heavy atom. The van der Waals surface area contributed by atoms with Crippen molar-refractivity contribution in [3.8, 4) is 17.0 Å². The molecule has 0 unspecified atom stereocenters. The summed E-state index contributed by atoms with van der Waals surface area (Å²) in [6.45, 7) is 5.22. The number of anilines is 1. The lowest BCUT2D eigenvalue weighted by atomic mass is 10.1. The van der Waals surface area contributed by atoms with Gasteiger partial charge < -0.3 is 15.0 Å². The van der Waals surface area contributed by atoms with Gasteiger partial charge in [0.05, 0.1) is 17.2 Å². The number of ether oxygens (including phenoxy) is 1. The molecule has 1 atom stereocenters. The van der Waals surface area contributed by atoms with Crippen LogP contribution in [0.25, 0.3) is 16.8 Å². The topological polar surface area (TPSA) is 54.7 Å². The highest BCUT2D eigenvalue weighted by molar-refractivity contribution is 5.81. The van der Waals surface area contributed by atoms with Gasteiger partial charge in [-0.1, -0.05) is 6.92 Å². The highest BCUT2D eigenvalue weighted by atomic mass is 19.4. The Labute approximate surface area is 184 Å². The third kappa shape index (κ3) is 4.26. The van der Waals surface area contributed by atoms with E-state index in [1.807, 2.05) is 22.7 Å². The van der Waals surface area contributed by atoms with Crippen LogP contribution >= 0.6 is 0 Å². The number of halogens is 3. The Bertz CT molecular complexity index is 1110. The van der Waals surface area contributed by atoms with Crippen LogP contribution in [0.3, 0.4) is 0 Å². The largest absolute Gasteiger partial charge is 0.490 e. The first kappa shape index (κ1) is 21.1. The molecule has 0 bridgehead atoms. The first-order chi connectivity index (χ1) is 15.4. The summed E-state index contributed by atoms with van der Waals surface area (Å²) in [5.74, 6) is 0.833. The molecule has 9 heteroatoms. The van der Waals surface area contributed by atoms with Crippen LogP contribution in [-0.4, -0.2) is 51.3 Å². The molecule has 2 fully saturated rings. The molecule has 170 valence electrons. The zero-order valence-corrected chi connectivity index (χ0v) is 17.9. The van der Waals surface area contributed by atoms with Gasteiger partial charge in [-0.3, -0.25) is 4.40 Å². The van der Waals surface area contributed by atoms with Gasteiger partial charge in [0.1, 0.15) is 11.4 Å². The molecule has 3 heterocycles. The summed E-state index contributed by atoms with van der Waals surface area (Å²) in [6, 6.07) is 7.64. The molecule has 1 saturated carbocycles. The van der Waals surface area contributed by atoms with Gasteiger partial charge in [0.15, 0.2) is 0 Å². The van der Waals surface area contributed by atoms with Crippen LogP contribution in [0.5, 0.6) is 5.75 Å². The number of aromatic nitrogens is 3. The first-order valence-corrected chi connectivity index (χ1v) is 11.1. The second kappa shape index (κ2) is 8.27. The molecule has 1 N–H and O–H groups in total. The molecule has 1 saturated heterocycles. The van der Waals surface area contributed by atoms with Gasteiger partial charge in [0.2, 0.25) is 5.95 Å². The van der Waals surface area contributed by atoms with E-state index < -0.39 is 11.7 Å². The summed E-state index contributed by atoms with van der Waals surface area (Å²) in [5.41, 5.74) is 1.06. The molecule has 5 rings (SSSR count). The fourth-order valence-electron chi connectivity index (χ4n) is 4.25. The number of likely N-dealkylation sites (N-methyl/N-ethyl adjacent to an activating group) is 1. The molecule has 0 spiro atoms. The van der Waals surface area contributed by atoms with Crippen molar-refractivity contribution in [2.45, 2.75) is 50.9 Å². The van der Waals surface area contributed by atoms with Crippen molar-refractivity contribution in [1.29, 1.82) is 0 Å². The molecule has 1 aliphatic carbocycles. The van der Waals surface area contributed by atoms with Gasteiger partial charge in [-0.25, -0.2) is 0 Å². The quantitative estimate of drug-likeness (QED) is 0.588. The van der Waals surface area contributed by atoms with Crippen molar-refractivity contribution >= 4 is 11.5 Å². The van der Waals surface area contributed by atoms with Crippen molar-refractivity contribution in [2.75, 3.05) is 25.0 Å². The van der Waals surface area contributed by atoms with E-state index in [4.69, 9.17) is 4.74 Å². The van der Waals surface area contributed by atoms with Gasteiger partial charge >= 0.3 is 6.18 Å². The Morgan fingerprint density at radius 1 is 1.16 bits per heavy atom. The number of nitrogens with one attached hydrogen (secondary N) is 1. The van der Waals surface area contributed by atoms with Crippen LogP contribution in [0, 0.1) is 0 Å². The summed E-state index contributed by atoms with van der Waals surface area (Å²) < 4.78 is 47.6. The minimum Gasteiger partial charge on any atom is -0.490 e. The van der Waals surface area contributed by atoms with Crippen LogP contribution < -0.4 is 10.1 Å². The number of piperidine rings is 1. The van der Waals surface area contributed by atoms with E-state index >= 15 is 0 Å². The fourth-order valence-corrected chi connectivity index (χ4v) is 4.25.